The largest absolute Gasteiger partial charge is 0.490 e. The number of hydrogen-bond acceptors (Lipinski definition) is 3. The van der Waals surface area contributed by atoms with Crippen LogP contribution in [0.2, 0.25) is 5.02 Å². The van der Waals surface area contributed by atoms with Gasteiger partial charge in [0.05, 0.1) is 11.6 Å². The maximum Gasteiger partial charge on any atom is 0.180 e. The van der Waals surface area contributed by atoms with Gasteiger partial charge in [0.25, 0.3) is 0 Å². The van der Waals surface area contributed by atoms with E-state index in [1.54, 1.807) is 18.2 Å². The van der Waals surface area contributed by atoms with E-state index < -0.39 is 0 Å². The molecular weight excluding hydrogens is 329 g/mol. The van der Waals surface area contributed by atoms with Crippen LogP contribution in [0.3, 0.4) is 0 Å². The molecule has 0 aliphatic heterocycles. The highest BCUT2D eigenvalue weighted by Gasteiger charge is 2.13. The van der Waals surface area contributed by atoms with Gasteiger partial charge in [0.1, 0.15) is 12.4 Å². The number of rotatable bonds is 9. The second-order valence-corrected chi connectivity index (χ2v) is 5.58. The van der Waals surface area contributed by atoms with Gasteiger partial charge >= 0.3 is 0 Å². The molecule has 0 aromatic heterocycles. The molecule has 0 radical (unpaired) electrons. The first-order valence-electron chi connectivity index (χ1n) is 7.78. The summed E-state index contributed by atoms with van der Waals surface area (Å²) in [4.78, 5) is 0. The molecule has 3 nitrogen and oxygen atoms in total. The van der Waals surface area contributed by atoms with Gasteiger partial charge in [-0.2, -0.15) is 0 Å². The lowest BCUT2D eigenvalue weighted by Gasteiger charge is -2.15. The van der Waals surface area contributed by atoms with Crippen molar-refractivity contribution in [2.75, 3.05) is 13.2 Å². The summed E-state index contributed by atoms with van der Waals surface area (Å²) in [6, 6.07) is 9.91. The van der Waals surface area contributed by atoms with Gasteiger partial charge in [0.15, 0.2) is 11.5 Å². The van der Waals surface area contributed by atoms with E-state index in [9.17, 15) is 4.39 Å². The maximum atomic E-state index is 13.0. The molecule has 128 valence electrons. The van der Waals surface area contributed by atoms with Crippen molar-refractivity contribution in [2.45, 2.75) is 20.1 Å². The van der Waals surface area contributed by atoms with E-state index in [4.69, 9.17) is 21.1 Å². The van der Waals surface area contributed by atoms with Crippen LogP contribution in [0.25, 0.3) is 0 Å². The Morgan fingerprint density at radius 3 is 2.58 bits per heavy atom. The minimum Gasteiger partial charge on any atom is -0.490 e. The molecule has 0 heterocycles. The number of benzene rings is 2. The molecule has 24 heavy (non-hydrogen) atoms. The van der Waals surface area contributed by atoms with Crippen molar-refractivity contribution >= 4 is 11.6 Å². The summed E-state index contributed by atoms with van der Waals surface area (Å²) in [7, 11) is 0. The zero-order chi connectivity index (χ0) is 17.4. The fraction of sp³-hybridized carbons (Fsp3) is 0.263. The lowest BCUT2D eigenvalue weighted by molar-refractivity contribution is 0.269. The average Bonchev–Trinajstić information content (AvgIpc) is 2.56. The Morgan fingerprint density at radius 1 is 1.17 bits per heavy atom. The van der Waals surface area contributed by atoms with Gasteiger partial charge in [0, 0.05) is 13.1 Å². The summed E-state index contributed by atoms with van der Waals surface area (Å²) in [5.41, 5.74) is 1.85. The van der Waals surface area contributed by atoms with E-state index in [1.165, 1.54) is 12.1 Å². The molecule has 2 aromatic rings. The van der Waals surface area contributed by atoms with Crippen LogP contribution in [0.4, 0.5) is 4.39 Å². The fourth-order valence-electron chi connectivity index (χ4n) is 2.18. The summed E-state index contributed by atoms with van der Waals surface area (Å²) in [5, 5.41) is 3.71. The van der Waals surface area contributed by atoms with Gasteiger partial charge in [-0.25, -0.2) is 4.39 Å². The number of nitrogens with one attached hydrogen (secondary N) is 1. The lowest BCUT2D eigenvalue weighted by Crippen LogP contribution is -2.13. The smallest absolute Gasteiger partial charge is 0.180 e. The van der Waals surface area contributed by atoms with Crippen molar-refractivity contribution in [3.63, 3.8) is 0 Å². The first-order chi connectivity index (χ1) is 11.6. The molecule has 2 rings (SSSR count). The highest BCUT2D eigenvalue weighted by Crippen LogP contribution is 2.37. The van der Waals surface area contributed by atoms with Gasteiger partial charge in [-0.1, -0.05) is 29.8 Å². The summed E-state index contributed by atoms with van der Waals surface area (Å²) < 4.78 is 24.4. The maximum absolute atomic E-state index is 13.0. The molecule has 0 spiro atoms. The van der Waals surface area contributed by atoms with Crippen LogP contribution in [0.1, 0.15) is 18.1 Å². The van der Waals surface area contributed by atoms with Crippen molar-refractivity contribution in [1.29, 1.82) is 0 Å². The zero-order valence-corrected chi connectivity index (χ0v) is 14.4. The standard InChI is InChI=1S/C19H21ClFNO2/c1-3-9-22-12-15-10-17(20)19(18(11-15)23-4-2)24-13-14-5-7-16(21)8-6-14/h3,5-8,10-11,22H,1,4,9,12-13H2,2H3. The van der Waals surface area contributed by atoms with Crippen molar-refractivity contribution in [3.05, 3.63) is 71.0 Å². The van der Waals surface area contributed by atoms with Gasteiger partial charge < -0.3 is 14.8 Å². The van der Waals surface area contributed by atoms with Crippen LogP contribution < -0.4 is 14.8 Å². The second-order valence-electron chi connectivity index (χ2n) is 5.17. The molecule has 0 unspecified atom stereocenters. The Kier molecular flexibility index (Phi) is 7.09. The molecule has 0 bridgehead atoms. The second kappa shape index (κ2) is 9.30. The van der Waals surface area contributed by atoms with E-state index in [2.05, 4.69) is 11.9 Å². The molecule has 0 amide bonds. The minimum atomic E-state index is -0.275. The van der Waals surface area contributed by atoms with Crippen LogP contribution in [-0.2, 0) is 13.2 Å². The average molecular weight is 350 g/mol. The molecule has 5 heteroatoms. The molecule has 0 saturated carbocycles. The molecule has 0 fully saturated rings. The molecule has 0 aliphatic carbocycles. The number of halogens is 2. The third kappa shape index (κ3) is 5.25. The SMILES string of the molecule is C=CCNCc1cc(Cl)c(OCc2ccc(F)cc2)c(OCC)c1. The van der Waals surface area contributed by atoms with E-state index in [-0.39, 0.29) is 12.4 Å². The van der Waals surface area contributed by atoms with E-state index in [0.29, 0.717) is 36.2 Å². The summed E-state index contributed by atoms with van der Waals surface area (Å²) in [6.07, 6.45) is 1.80. The van der Waals surface area contributed by atoms with E-state index >= 15 is 0 Å². The van der Waals surface area contributed by atoms with Crippen LogP contribution in [0, 0.1) is 5.82 Å². The number of ether oxygens (including phenoxy) is 2. The Morgan fingerprint density at radius 2 is 1.92 bits per heavy atom. The van der Waals surface area contributed by atoms with Crippen LogP contribution in [0.5, 0.6) is 11.5 Å². The topological polar surface area (TPSA) is 30.5 Å². The normalized spacial score (nSPS) is 10.5. The predicted molar refractivity (Wildman–Crippen MR) is 95.3 cm³/mol. The van der Waals surface area contributed by atoms with Gasteiger partial charge in [-0.3, -0.25) is 0 Å². The Labute approximate surface area is 147 Å². The van der Waals surface area contributed by atoms with Crippen molar-refractivity contribution in [1.82, 2.24) is 5.32 Å². The van der Waals surface area contributed by atoms with Gasteiger partial charge in [-0.05, 0) is 42.3 Å². The molecule has 0 atom stereocenters. The third-order valence-electron chi connectivity index (χ3n) is 3.28. The third-order valence-corrected chi connectivity index (χ3v) is 3.56. The Bertz CT molecular complexity index is 674. The summed E-state index contributed by atoms with van der Waals surface area (Å²) >= 11 is 6.36. The Hall–Kier alpha value is -2.04. The van der Waals surface area contributed by atoms with Crippen molar-refractivity contribution in [2.24, 2.45) is 0 Å². The predicted octanol–water partition coefficient (Wildman–Crippen LogP) is 4.73. The monoisotopic (exact) mass is 349 g/mol. The van der Waals surface area contributed by atoms with E-state index in [1.807, 2.05) is 19.1 Å². The lowest BCUT2D eigenvalue weighted by atomic mass is 10.2. The van der Waals surface area contributed by atoms with Crippen LogP contribution in [-0.4, -0.2) is 13.2 Å². The summed E-state index contributed by atoms with van der Waals surface area (Å²) in [6.45, 7) is 7.74. The fourth-order valence-corrected chi connectivity index (χ4v) is 2.47. The molecule has 1 N–H and O–H groups in total. The van der Waals surface area contributed by atoms with Crippen molar-refractivity contribution < 1.29 is 13.9 Å². The molecule has 0 saturated heterocycles. The van der Waals surface area contributed by atoms with Gasteiger partial charge in [-0.15, -0.1) is 6.58 Å². The molecule has 2 aromatic carbocycles. The first kappa shape index (κ1) is 18.3. The number of hydrogen-bond donors (Lipinski definition) is 1. The van der Waals surface area contributed by atoms with Crippen molar-refractivity contribution in [3.8, 4) is 11.5 Å². The van der Waals surface area contributed by atoms with E-state index in [0.717, 1.165) is 11.1 Å². The zero-order valence-electron chi connectivity index (χ0n) is 13.6. The quantitative estimate of drug-likeness (QED) is 0.524. The van der Waals surface area contributed by atoms with Crippen LogP contribution >= 0.6 is 11.6 Å². The highest BCUT2D eigenvalue weighted by atomic mass is 35.5. The molecule has 0 aliphatic rings. The van der Waals surface area contributed by atoms with Gasteiger partial charge in [0.2, 0.25) is 0 Å². The van der Waals surface area contributed by atoms with Crippen LogP contribution in [0.15, 0.2) is 49.1 Å². The highest BCUT2D eigenvalue weighted by molar-refractivity contribution is 6.32. The molecular formula is C19H21ClFNO2. The Balaban J connectivity index is 2.14. The summed E-state index contributed by atoms with van der Waals surface area (Å²) in [5.74, 6) is 0.820. The minimum absolute atomic E-state index is 0.275. The first-order valence-corrected chi connectivity index (χ1v) is 8.16.